The zero-order chi connectivity index (χ0) is 10.9. The first-order chi connectivity index (χ1) is 7.08. The second-order valence-corrected chi connectivity index (χ2v) is 5.78. The van der Waals surface area contributed by atoms with Crippen LogP contribution < -0.4 is 4.72 Å². The molecular weight excluding hydrogens is 238 g/mol. The molecule has 0 spiro atoms. The van der Waals surface area contributed by atoms with Gasteiger partial charge in [0, 0.05) is 0 Å². The van der Waals surface area contributed by atoms with Crippen molar-refractivity contribution in [1.29, 1.82) is 0 Å². The third-order valence-corrected chi connectivity index (χ3v) is 4.22. The van der Waals surface area contributed by atoms with E-state index < -0.39 is 10.0 Å². The molecule has 7 nitrogen and oxygen atoms in total. The maximum atomic E-state index is 11.7. The molecular formula is C6H7N5O2S2. The molecule has 2 aromatic heterocycles. The minimum Gasteiger partial charge on any atom is -0.249 e. The van der Waals surface area contributed by atoms with Gasteiger partial charge in [-0.25, -0.2) is 23.2 Å². The van der Waals surface area contributed by atoms with Crippen LogP contribution in [0.5, 0.6) is 0 Å². The minimum absolute atomic E-state index is 0.0843. The van der Waals surface area contributed by atoms with E-state index in [0.29, 0.717) is 5.01 Å². The standard InChI is InChI=1S/C6H7N5O2S2/c1-4-7-2-5(14-4)15(12,13)11-6-8-3-9-10-6/h2-3H,1H3,(H2,8,9,10,11). The van der Waals surface area contributed by atoms with E-state index >= 15 is 0 Å². The van der Waals surface area contributed by atoms with E-state index in [2.05, 4.69) is 24.9 Å². The number of aromatic nitrogens is 4. The molecule has 0 bridgehead atoms. The SMILES string of the molecule is Cc1ncc(S(=O)(=O)Nc2ncn[nH]2)s1. The molecule has 0 unspecified atom stereocenters. The Hall–Kier alpha value is -1.48. The van der Waals surface area contributed by atoms with Gasteiger partial charge in [-0.2, -0.15) is 10.1 Å². The molecule has 0 aliphatic carbocycles. The average molecular weight is 245 g/mol. The second-order valence-electron chi connectivity index (χ2n) is 2.64. The number of aryl methyl sites for hydroxylation is 1. The van der Waals surface area contributed by atoms with Crippen LogP contribution in [0.25, 0.3) is 0 Å². The highest BCUT2D eigenvalue weighted by Crippen LogP contribution is 2.19. The Morgan fingerprint density at radius 1 is 1.47 bits per heavy atom. The highest BCUT2D eigenvalue weighted by Gasteiger charge is 2.18. The van der Waals surface area contributed by atoms with Gasteiger partial charge in [0.25, 0.3) is 10.0 Å². The normalized spacial score (nSPS) is 11.5. The number of hydrogen-bond donors (Lipinski definition) is 2. The van der Waals surface area contributed by atoms with Crippen LogP contribution in [0.1, 0.15) is 5.01 Å². The van der Waals surface area contributed by atoms with Crippen molar-refractivity contribution in [2.45, 2.75) is 11.1 Å². The summed E-state index contributed by atoms with van der Waals surface area (Å²) < 4.78 is 25.8. The first kappa shape index (κ1) is 10.1. The number of H-pyrrole nitrogens is 1. The van der Waals surface area contributed by atoms with Crippen LogP contribution in [0.3, 0.4) is 0 Å². The van der Waals surface area contributed by atoms with Crippen molar-refractivity contribution in [2.24, 2.45) is 0 Å². The first-order valence-electron chi connectivity index (χ1n) is 3.88. The fourth-order valence-electron chi connectivity index (χ4n) is 0.898. The zero-order valence-electron chi connectivity index (χ0n) is 7.63. The lowest BCUT2D eigenvalue weighted by Gasteiger charge is -2.00. The summed E-state index contributed by atoms with van der Waals surface area (Å²) in [7, 11) is -3.59. The Bertz CT molecular complexity index is 544. The highest BCUT2D eigenvalue weighted by molar-refractivity contribution is 7.94. The molecule has 0 amide bonds. The quantitative estimate of drug-likeness (QED) is 0.813. The summed E-state index contributed by atoms with van der Waals surface area (Å²) in [5.41, 5.74) is 0. The molecule has 9 heteroatoms. The van der Waals surface area contributed by atoms with Crippen LogP contribution >= 0.6 is 11.3 Å². The zero-order valence-corrected chi connectivity index (χ0v) is 9.26. The molecule has 80 valence electrons. The maximum Gasteiger partial charge on any atom is 0.275 e. The summed E-state index contributed by atoms with van der Waals surface area (Å²) in [5, 5.41) is 6.62. The summed E-state index contributed by atoms with van der Waals surface area (Å²) in [4.78, 5) is 7.53. The van der Waals surface area contributed by atoms with Crippen LogP contribution in [0.15, 0.2) is 16.7 Å². The molecule has 0 atom stereocenters. The van der Waals surface area contributed by atoms with Crippen molar-refractivity contribution < 1.29 is 8.42 Å². The summed E-state index contributed by atoms with van der Waals surface area (Å²) in [6, 6.07) is 0. The Morgan fingerprint density at radius 3 is 2.80 bits per heavy atom. The van der Waals surface area contributed by atoms with Crippen molar-refractivity contribution in [1.82, 2.24) is 20.2 Å². The Morgan fingerprint density at radius 2 is 2.27 bits per heavy atom. The number of aromatic amines is 1. The van der Waals surface area contributed by atoms with Gasteiger partial charge in [0.1, 0.15) is 6.33 Å². The second kappa shape index (κ2) is 3.59. The number of sulfonamides is 1. The van der Waals surface area contributed by atoms with Gasteiger partial charge in [-0.05, 0) is 6.92 Å². The largest absolute Gasteiger partial charge is 0.275 e. The summed E-state index contributed by atoms with van der Waals surface area (Å²) in [6.45, 7) is 1.73. The summed E-state index contributed by atoms with van der Waals surface area (Å²) >= 11 is 1.09. The van der Waals surface area contributed by atoms with E-state index in [4.69, 9.17) is 0 Å². The molecule has 0 radical (unpaired) electrons. The van der Waals surface area contributed by atoms with Crippen molar-refractivity contribution in [3.63, 3.8) is 0 Å². The van der Waals surface area contributed by atoms with Gasteiger partial charge in [-0.1, -0.05) is 0 Å². The summed E-state index contributed by atoms with van der Waals surface area (Å²) in [5.74, 6) is 0.0843. The van der Waals surface area contributed by atoms with Gasteiger partial charge < -0.3 is 0 Å². The number of anilines is 1. The molecule has 15 heavy (non-hydrogen) atoms. The van der Waals surface area contributed by atoms with Crippen LogP contribution in [0, 0.1) is 6.92 Å². The van der Waals surface area contributed by atoms with Gasteiger partial charge >= 0.3 is 0 Å². The van der Waals surface area contributed by atoms with Gasteiger partial charge in [-0.15, -0.1) is 11.3 Å². The van der Waals surface area contributed by atoms with Crippen LogP contribution in [0.2, 0.25) is 0 Å². The van der Waals surface area contributed by atoms with Crippen molar-refractivity contribution >= 4 is 27.3 Å². The van der Waals surface area contributed by atoms with Crippen molar-refractivity contribution in [3.05, 3.63) is 17.5 Å². The topological polar surface area (TPSA) is 101 Å². The van der Waals surface area contributed by atoms with Gasteiger partial charge in [0.15, 0.2) is 4.21 Å². The van der Waals surface area contributed by atoms with Gasteiger partial charge in [0.05, 0.1) is 11.2 Å². The highest BCUT2D eigenvalue weighted by atomic mass is 32.2. The van der Waals surface area contributed by atoms with Crippen molar-refractivity contribution in [3.8, 4) is 0 Å². The molecule has 0 fully saturated rings. The molecule has 0 aliphatic heterocycles. The summed E-state index contributed by atoms with van der Waals surface area (Å²) in [6.07, 6.45) is 2.52. The molecule has 0 saturated carbocycles. The Balaban J connectivity index is 2.28. The number of nitrogens with zero attached hydrogens (tertiary/aromatic N) is 3. The molecule has 0 aromatic carbocycles. The molecule has 2 N–H and O–H groups in total. The average Bonchev–Trinajstić information content (AvgIpc) is 2.75. The van der Waals surface area contributed by atoms with E-state index in [1.54, 1.807) is 6.92 Å². The van der Waals surface area contributed by atoms with E-state index in [1.165, 1.54) is 12.5 Å². The first-order valence-corrected chi connectivity index (χ1v) is 6.18. The number of thiazole rings is 1. The fraction of sp³-hybridized carbons (Fsp3) is 0.167. The molecule has 2 heterocycles. The predicted molar refractivity (Wildman–Crippen MR) is 54.0 cm³/mol. The monoisotopic (exact) mass is 245 g/mol. The predicted octanol–water partition coefficient (Wildman–Crippen LogP) is 0.370. The number of rotatable bonds is 3. The Labute approximate surface area is 89.6 Å². The lowest BCUT2D eigenvalue weighted by molar-refractivity contribution is 0.602. The molecule has 2 rings (SSSR count). The van der Waals surface area contributed by atoms with Crippen LogP contribution in [0.4, 0.5) is 5.95 Å². The fourth-order valence-corrected chi connectivity index (χ4v) is 2.97. The maximum absolute atomic E-state index is 11.7. The lowest BCUT2D eigenvalue weighted by atomic mass is 10.8. The lowest BCUT2D eigenvalue weighted by Crippen LogP contribution is -2.12. The minimum atomic E-state index is -3.59. The third kappa shape index (κ3) is 2.13. The van der Waals surface area contributed by atoms with E-state index in [0.717, 1.165) is 11.3 Å². The van der Waals surface area contributed by atoms with Crippen LogP contribution in [-0.2, 0) is 10.0 Å². The third-order valence-electron chi connectivity index (χ3n) is 1.51. The van der Waals surface area contributed by atoms with Crippen molar-refractivity contribution in [2.75, 3.05) is 4.72 Å². The number of nitrogens with one attached hydrogen (secondary N) is 2. The van der Waals surface area contributed by atoms with E-state index in [9.17, 15) is 8.42 Å². The molecule has 0 aliphatic rings. The number of hydrogen-bond acceptors (Lipinski definition) is 6. The van der Waals surface area contributed by atoms with Crippen LogP contribution in [-0.4, -0.2) is 28.6 Å². The molecule has 2 aromatic rings. The van der Waals surface area contributed by atoms with E-state index in [-0.39, 0.29) is 10.2 Å². The smallest absolute Gasteiger partial charge is 0.249 e. The van der Waals surface area contributed by atoms with Gasteiger partial charge in [0.2, 0.25) is 5.95 Å². The van der Waals surface area contributed by atoms with Gasteiger partial charge in [-0.3, -0.25) is 0 Å². The molecule has 0 saturated heterocycles. The Kier molecular flexibility index (Phi) is 2.40. The van der Waals surface area contributed by atoms with E-state index in [1.807, 2.05) is 0 Å².